The van der Waals surface area contributed by atoms with Crippen molar-refractivity contribution in [2.24, 2.45) is 0 Å². The normalized spacial score (nSPS) is 10.8. The van der Waals surface area contributed by atoms with Gasteiger partial charge in [0.15, 0.2) is 0 Å². The van der Waals surface area contributed by atoms with Gasteiger partial charge in [0.2, 0.25) is 0 Å². The smallest absolute Gasteiger partial charge is 0.141 e. The number of nitrogens with zero attached hydrogens (tertiary/aromatic N) is 2. The first-order valence-electron chi connectivity index (χ1n) is 5.22. The summed E-state index contributed by atoms with van der Waals surface area (Å²) in [5.41, 5.74) is 8.98. The van der Waals surface area contributed by atoms with E-state index in [9.17, 15) is 0 Å². The van der Waals surface area contributed by atoms with Crippen LogP contribution in [0.15, 0.2) is 22.7 Å². The molecule has 2 N–H and O–H groups in total. The first-order valence-corrected chi connectivity index (χ1v) is 6.39. The Balaban J connectivity index is 2.31. The van der Waals surface area contributed by atoms with E-state index in [0.29, 0.717) is 17.4 Å². The summed E-state index contributed by atoms with van der Waals surface area (Å²) in [6, 6.07) is 6.18. The highest BCUT2D eigenvalue weighted by atomic mass is 79.9. The van der Waals surface area contributed by atoms with Crippen LogP contribution in [-0.4, -0.2) is 9.78 Å². The van der Waals surface area contributed by atoms with Crippen LogP contribution in [0.4, 0.5) is 5.82 Å². The van der Waals surface area contributed by atoms with Crippen LogP contribution in [-0.2, 0) is 6.54 Å². The van der Waals surface area contributed by atoms with Gasteiger partial charge in [-0.15, -0.1) is 0 Å². The van der Waals surface area contributed by atoms with Gasteiger partial charge < -0.3 is 5.73 Å². The average Bonchev–Trinajstić information content (AvgIpc) is 2.52. The molecule has 2 aromatic rings. The highest BCUT2D eigenvalue weighted by Crippen LogP contribution is 2.24. The van der Waals surface area contributed by atoms with Crippen LogP contribution in [0.25, 0.3) is 0 Å². The summed E-state index contributed by atoms with van der Waals surface area (Å²) in [5.74, 6) is 0.518. The molecular weight excluding hydrogens is 302 g/mol. The molecule has 17 heavy (non-hydrogen) atoms. The molecule has 0 amide bonds. The fourth-order valence-electron chi connectivity index (χ4n) is 1.68. The summed E-state index contributed by atoms with van der Waals surface area (Å²) in [5, 5.41) is 4.85. The number of nitrogens with two attached hydrogens (primary N) is 1. The van der Waals surface area contributed by atoms with Crippen molar-refractivity contribution in [2.45, 2.75) is 20.4 Å². The van der Waals surface area contributed by atoms with Crippen molar-refractivity contribution in [3.05, 3.63) is 44.5 Å². The molecule has 0 aliphatic rings. The molecule has 1 aromatic heterocycles. The van der Waals surface area contributed by atoms with E-state index in [4.69, 9.17) is 17.3 Å². The molecule has 3 nitrogen and oxygen atoms in total. The van der Waals surface area contributed by atoms with E-state index in [2.05, 4.69) is 34.0 Å². The van der Waals surface area contributed by atoms with Crippen molar-refractivity contribution in [2.75, 3.05) is 5.73 Å². The molecule has 0 aliphatic carbocycles. The SMILES string of the molecule is Cc1cc(Cn2nc(C)c(Cl)c2N)ccc1Br. The van der Waals surface area contributed by atoms with Gasteiger partial charge in [0, 0.05) is 4.47 Å². The van der Waals surface area contributed by atoms with Crippen molar-refractivity contribution >= 4 is 33.3 Å². The molecule has 0 saturated carbocycles. The first-order chi connectivity index (χ1) is 7.99. The zero-order valence-electron chi connectivity index (χ0n) is 9.67. The summed E-state index contributed by atoms with van der Waals surface area (Å²) in [7, 11) is 0. The Morgan fingerprint density at radius 3 is 2.65 bits per heavy atom. The predicted molar refractivity (Wildman–Crippen MR) is 74.4 cm³/mol. The minimum absolute atomic E-state index is 0.518. The highest BCUT2D eigenvalue weighted by Gasteiger charge is 2.10. The summed E-state index contributed by atoms with van der Waals surface area (Å²) in [4.78, 5) is 0. The number of anilines is 1. The van der Waals surface area contributed by atoms with Gasteiger partial charge in [-0.05, 0) is 31.0 Å². The number of aromatic nitrogens is 2. The molecule has 0 unspecified atom stereocenters. The van der Waals surface area contributed by atoms with E-state index in [0.717, 1.165) is 15.7 Å². The van der Waals surface area contributed by atoms with Crippen LogP contribution >= 0.6 is 27.5 Å². The largest absolute Gasteiger partial charge is 0.383 e. The summed E-state index contributed by atoms with van der Waals surface area (Å²) in [6.07, 6.45) is 0. The van der Waals surface area contributed by atoms with Crippen molar-refractivity contribution in [1.82, 2.24) is 9.78 Å². The summed E-state index contributed by atoms with van der Waals surface area (Å²) in [6.45, 7) is 4.54. The van der Waals surface area contributed by atoms with Gasteiger partial charge in [-0.2, -0.15) is 5.10 Å². The minimum Gasteiger partial charge on any atom is -0.383 e. The number of hydrogen-bond acceptors (Lipinski definition) is 2. The first kappa shape index (κ1) is 12.5. The molecule has 0 bridgehead atoms. The van der Waals surface area contributed by atoms with Crippen molar-refractivity contribution < 1.29 is 0 Å². The van der Waals surface area contributed by atoms with Crippen molar-refractivity contribution in [1.29, 1.82) is 0 Å². The summed E-state index contributed by atoms with van der Waals surface area (Å²) >= 11 is 9.48. The second-order valence-corrected chi connectivity index (χ2v) is 5.26. The van der Waals surface area contributed by atoms with E-state index in [-0.39, 0.29) is 0 Å². The Morgan fingerprint density at radius 2 is 2.12 bits per heavy atom. The van der Waals surface area contributed by atoms with Gasteiger partial charge in [-0.25, -0.2) is 4.68 Å². The number of rotatable bonds is 2. The molecule has 0 fully saturated rings. The number of halogens is 2. The number of nitrogen functional groups attached to an aromatic ring is 1. The molecular formula is C12H13BrClN3. The van der Waals surface area contributed by atoms with E-state index in [1.807, 2.05) is 19.1 Å². The van der Waals surface area contributed by atoms with Gasteiger partial charge in [0.05, 0.1) is 12.2 Å². The van der Waals surface area contributed by atoms with E-state index in [1.54, 1.807) is 4.68 Å². The van der Waals surface area contributed by atoms with Crippen LogP contribution < -0.4 is 5.73 Å². The third kappa shape index (κ3) is 2.48. The maximum absolute atomic E-state index is 6.01. The Hall–Kier alpha value is -1.00. The topological polar surface area (TPSA) is 43.8 Å². The number of benzene rings is 1. The van der Waals surface area contributed by atoms with E-state index < -0.39 is 0 Å². The Bertz CT molecular complexity index is 563. The Labute approximate surface area is 114 Å². The zero-order chi connectivity index (χ0) is 12.6. The Kier molecular flexibility index (Phi) is 3.45. The maximum Gasteiger partial charge on any atom is 0.141 e. The van der Waals surface area contributed by atoms with Gasteiger partial charge in [0.25, 0.3) is 0 Å². The lowest BCUT2D eigenvalue weighted by Gasteiger charge is -2.06. The quantitative estimate of drug-likeness (QED) is 0.921. The Morgan fingerprint density at radius 1 is 1.41 bits per heavy atom. The minimum atomic E-state index is 0.518. The molecule has 0 spiro atoms. The number of aryl methyl sites for hydroxylation is 2. The van der Waals surface area contributed by atoms with Crippen LogP contribution in [0.1, 0.15) is 16.8 Å². The highest BCUT2D eigenvalue weighted by molar-refractivity contribution is 9.10. The molecule has 90 valence electrons. The van der Waals surface area contributed by atoms with Gasteiger partial charge in [-0.1, -0.05) is 39.7 Å². The van der Waals surface area contributed by atoms with Gasteiger partial charge in [0.1, 0.15) is 10.8 Å². The second-order valence-electron chi connectivity index (χ2n) is 4.03. The van der Waals surface area contributed by atoms with Gasteiger partial charge in [-0.3, -0.25) is 0 Å². The van der Waals surface area contributed by atoms with Crippen LogP contribution in [0.2, 0.25) is 5.02 Å². The van der Waals surface area contributed by atoms with Gasteiger partial charge >= 0.3 is 0 Å². The van der Waals surface area contributed by atoms with E-state index >= 15 is 0 Å². The monoisotopic (exact) mass is 313 g/mol. The average molecular weight is 315 g/mol. The molecule has 1 heterocycles. The zero-order valence-corrected chi connectivity index (χ0v) is 12.0. The van der Waals surface area contributed by atoms with Crippen LogP contribution in [0, 0.1) is 13.8 Å². The predicted octanol–water partition coefficient (Wildman–Crippen LogP) is 3.55. The third-order valence-corrected chi connectivity index (χ3v) is 4.00. The van der Waals surface area contributed by atoms with Crippen molar-refractivity contribution in [3.8, 4) is 0 Å². The van der Waals surface area contributed by atoms with E-state index in [1.165, 1.54) is 5.56 Å². The lowest BCUT2D eigenvalue weighted by atomic mass is 10.1. The second kappa shape index (κ2) is 4.70. The lowest BCUT2D eigenvalue weighted by molar-refractivity contribution is 0.689. The molecule has 1 aromatic carbocycles. The van der Waals surface area contributed by atoms with Crippen LogP contribution in [0.5, 0.6) is 0 Å². The standard InChI is InChI=1S/C12H13BrClN3/c1-7-5-9(3-4-10(7)13)6-17-12(15)11(14)8(2)16-17/h3-5H,6,15H2,1-2H3. The van der Waals surface area contributed by atoms with Crippen LogP contribution in [0.3, 0.4) is 0 Å². The molecule has 2 rings (SSSR count). The maximum atomic E-state index is 6.01. The molecule has 5 heteroatoms. The molecule has 0 atom stereocenters. The molecule has 0 radical (unpaired) electrons. The van der Waals surface area contributed by atoms with Crippen molar-refractivity contribution in [3.63, 3.8) is 0 Å². The third-order valence-electron chi connectivity index (χ3n) is 2.65. The molecule has 0 saturated heterocycles. The summed E-state index contributed by atoms with van der Waals surface area (Å²) < 4.78 is 2.82. The molecule has 0 aliphatic heterocycles. The number of hydrogen-bond donors (Lipinski definition) is 1. The lowest BCUT2D eigenvalue weighted by Crippen LogP contribution is -2.06. The fraction of sp³-hybridized carbons (Fsp3) is 0.250. The fourth-order valence-corrected chi connectivity index (χ4v) is 2.06.